The van der Waals surface area contributed by atoms with E-state index in [2.05, 4.69) is 34.9 Å². The maximum absolute atomic E-state index is 15.4. The van der Waals surface area contributed by atoms with Crippen molar-refractivity contribution in [3.63, 3.8) is 0 Å². The summed E-state index contributed by atoms with van der Waals surface area (Å²) >= 11 is 0. The molecule has 2 N–H and O–H groups in total. The number of esters is 4. The number of fused-ring (bicyclic) bond motifs is 3. The van der Waals surface area contributed by atoms with Gasteiger partial charge in [0.05, 0.1) is 71.8 Å². The van der Waals surface area contributed by atoms with Crippen LogP contribution in [0.3, 0.4) is 0 Å². The minimum atomic E-state index is -1.11. The molecule has 20 heteroatoms. The van der Waals surface area contributed by atoms with Crippen LogP contribution in [0.25, 0.3) is 11.1 Å². The monoisotopic (exact) mass is 1500 g/mol. The Kier molecular flexibility index (Phi) is 32.1. The molecule has 20 nitrogen and oxygen atoms in total. The Bertz CT molecular complexity index is 4160. The molecule has 1 aliphatic rings. The SMILES string of the molecule is O=C(CN(CCN(CC(=O)OCc1ccccc1)CC(=O)OCc1ccccc1)CCN(CC(=O)OCc1ccccc1)CC(=O)OCc1ccccc1)NC[C@@H](OCc1ccccc1)[C@@H](OCc1ccccc1)[C@H](OCc1ccccc1)[C@H](COCc1ccccc1)NC(=O)OCC1c2ccccc2-c2ccccc21. The summed E-state index contributed by atoms with van der Waals surface area (Å²) in [6, 6.07) is 90.6. The first kappa shape index (κ1) is 80.6. The molecule has 0 heterocycles. The maximum Gasteiger partial charge on any atom is 0.407 e. The molecule has 0 aromatic heterocycles. The second-order valence-corrected chi connectivity index (χ2v) is 27.0. The minimum absolute atomic E-state index is 0.0124. The predicted molar refractivity (Wildman–Crippen MR) is 420 cm³/mol. The van der Waals surface area contributed by atoms with Crippen LogP contribution in [0, 0.1) is 0 Å². The molecule has 10 aromatic carbocycles. The second-order valence-electron chi connectivity index (χ2n) is 27.0. The van der Waals surface area contributed by atoms with Gasteiger partial charge in [0.1, 0.15) is 51.3 Å². The van der Waals surface area contributed by atoms with Crippen molar-refractivity contribution < 1.29 is 71.4 Å². The van der Waals surface area contributed by atoms with Gasteiger partial charge in [0.25, 0.3) is 0 Å². The minimum Gasteiger partial charge on any atom is -0.460 e. The Hall–Kier alpha value is -11.5. The average molecular weight is 1500 g/mol. The number of nitrogens with one attached hydrogen (secondary N) is 2. The number of rotatable bonds is 45. The molecule has 574 valence electrons. The highest BCUT2D eigenvalue weighted by Crippen LogP contribution is 2.44. The van der Waals surface area contributed by atoms with E-state index in [0.29, 0.717) is 0 Å². The van der Waals surface area contributed by atoms with Crippen LogP contribution in [0.15, 0.2) is 291 Å². The molecule has 111 heavy (non-hydrogen) atoms. The number of nitrogens with zero attached hydrogens (tertiary/aromatic N) is 3. The van der Waals surface area contributed by atoms with Gasteiger partial charge in [-0.25, -0.2) is 4.79 Å². The van der Waals surface area contributed by atoms with Crippen LogP contribution >= 0.6 is 0 Å². The molecular weight excluding hydrogens is 1400 g/mol. The first-order chi connectivity index (χ1) is 54.5. The highest BCUT2D eigenvalue weighted by molar-refractivity contribution is 5.80. The summed E-state index contributed by atoms with van der Waals surface area (Å²) in [7, 11) is 0. The van der Waals surface area contributed by atoms with E-state index in [1.54, 1.807) is 14.7 Å². The summed E-state index contributed by atoms with van der Waals surface area (Å²) in [6.45, 7) is -1.47. The molecule has 10 aromatic rings. The third-order valence-electron chi connectivity index (χ3n) is 18.7. The molecule has 4 atom stereocenters. The zero-order chi connectivity index (χ0) is 76.9. The molecule has 0 spiro atoms. The van der Waals surface area contributed by atoms with Gasteiger partial charge in [0, 0.05) is 38.6 Å². The van der Waals surface area contributed by atoms with Crippen molar-refractivity contribution in [1.82, 2.24) is 25.3 Å². The van der Waals surface area contributed by atoms with Gasteiger partial charge in [0.15, 0.2) is 0 Å². The van der Waals surface area contributed by atoms with E-state index in [-0.39, 0.29) is 137 Å². The summed E-state index contributed by atoms with van der Waals surface area (Å²) < 4.78 is 57.4. The Balaban J connectivity index is 0.903. The summed E-state index contributed by atoms with van der Waals surface area (Å²) in [4.78, 5) is 90.7. The largest absolute Gasteiger partial charge is 0.460 e. The second kappa shape index (κ2) is 44.3. The molecule has 1 aliphatic carbocycles. The van der Waals surface area contributed by atoms with E-state index in [9.17, 15) is 24.0 Å². The van der Waals surface area contributed by atoms with Crippen LogP contribution in [-0.2, 0) is 119 Å². The summed E-state index contributed by atoms with van der Waals surface area (Å²) in [5, 5.41) is 6.39. The van der Waals surface area contributed by atoms with Crippen LogP contribution < -0.4 is 10.6 Å². The van der Waals surface area contributed by atoms with Crippen molar-refractivity contribution in [2.24, 2.45) is 0 Å². The molecule has 0 radical (unpaired) electrons. The Morgan fingerprint density at radius 1 is 0.315 bits per heavy atom. The standard InChI is InChI=1S/C91H95N5O15/c97-84(54-94(49-51-95(55-85(98)105-61-71-33-13-3-14-34-71)56-86(99)106-62-72-35-15-4-16-36-72)50-52-96(57-87(100)107-63-73-37-17-5-18-38-73)58-88(101)108-64-74-39-19-6-20-40-74)92-53-83(104-60-70-31-11-2-12-32-70)90(110-66-76-43-23-8-24-44-76)89(109-65-75-41-21-7-22-42-75)82(68-103-59-69-29-9-1-10-30-69)93-91(102)111-67-81-79-47-27-25-45-77(79)78-46-26-28-48-80(78)81/h1-48,81-83,89-90H,49-68H2,(H,92,97)(H,93,102)/t82-,83+,89+,90+/m0/s1. The lowest BCUT2D eigenvalue weighted by Gasteiger charge is -2.38. The van der Waals surface area contributed by atoms with Crippen molar-refractivity contribution in [2.45, 2.75) is 83.1 Å². The van der Waals surface area contributed by atoms with E-state index in [0.717, 1.165) is 66.8 Å². The van der Waals surface area contributed by atoms with Crippen molar-refractivity contribution in [2.75, 3.05) is 78.7 Å². The molecular formula is C91H95N5O15. The van der Waals surface area contributed by atoms with Gasteiger partial charge in [0.2, 0.25) is 5.91 Å². The quantitative estimate of drug-likeness (QED) is 0.0268. The van der Waals surface area contributed by atoms with E-state index in [1.165, 1.54) is 0 Å². The molecule has 0 saturated heterocycles. The van der Waals surface area contributed by atoms with Crippen LogP contribution in [-0.4, -0.2) is 154 Å². The average Bonchev–Trinajstić information content (AvgIpc) is 1.62. The summed E-state index contributed by atoms with van der Waals surface area (Å²) in [6.07, 6.45) is -3.99. The first-order valence-electron chi connectivity index (χ1n) is 37.4. The highest BCUT2D eigenvalue weighted by atomic mass is 16.6. The lowest BCUT2D eigenvalue weighted by Crippen LogP contribution is -2.58. The van der Waals surface area contributed by atoms with Gasteiger partial charge in [-0.05, 0) is 66.8 Å². The lowest BCUT2D eigenvalue weighted by molar-refractivity contribution is -0.164. The van der Waals surface area contributed by atoms with Gasteiger partial charge in [-0.15, -0.1) is 0 Å². The Labute approximate surface area is 649 Å². The first-order valence-corrected chi connectivity index (χ1v) is 37.4. The van der Waals surface area contributed by atoms with Crippen molar-refractivity contribution in [3.05, 3.63) is 347 Å². The molecule has 0 bridgehead atoms. The number of carbonyl (C=O) groups excluding carboxylic acids is 6. The molecule has 0 aliphatic heterocycles. The zero-order valence-corrected chi connectivity index (χ0v) is 62.2. The van der Waals surface area contributed by atoms with Gasteiger partial charge in [-0.2, -0.15) is 0 Å². The molecule has 0 saturated carbocycles. The van der Waals surface area contributed by atoms with Crippen molar-refractivity contribution in [1.29, 1.82) is 0 Å². The van der Waals surface area contributed by atoms with Crippen LogP contribution in [0.1, 0.15) is 61.6 Å². The normalized spacial score (nSPS) is 12.7. The summed E-state index contributed by atoms with van der Waals surface area (Å²) in [5.74, 6) is -3.17. The number of amides is 2. The van der Waals surface area contributed by atoms with Crippen molar-refractivity contribution in [3.8, 4) is 11.1 Å². The third-order valence-corrected chi connectivity index (χ3v) is 18.7. The van der Waals surface area contributed by atoms with Gasteiger partial charge >= 0.3 is 30.0 Å². The lowest BCUT2D eigenvalue weighted by atomic mass is 9.98. The molecule has 2 amide bonds. The number of hydrogen-bond acceptors (Lipinski definition) is 18. The maximum atomic E-state index is 15.4. The number of carbonyl (C=O) groups is 6. The van der Waals surface area contributed by atoms with Crippen LogP contribution in [0.4, 0.5) is 4.79 Å². The Morgan fingerprint density at radius 2 is 0.622 bits per heavy atom. The fourth-order valence-electron chi connectivity index (χ4n) is 12.9. The van der Waals surface area contributed by atoms with E-state index in [4.69, 9.17) is 42.6 Å². The predicted octanol–water partition coefficient (Wildman–Crippen LogP) is 12.9. The number of hydrogen-bond donors (Lipinski definition) is 2. The van der Waals surface area contributed by atoms with E-state index in [1.807, 2.05) is 267 Å². The fraction of sp³-hybridized carbons (Fsp3) is 0.275. The smallest absolute Gasteiger partial charge is 0.407 e. The van der Waals surface area contributed by atoms with Gasteiger partial charge < -0.3 is 53.3 Å². The highest BCUT2D eigenvalue weighted by Gasteiger charge is 2.40. The number of ether oxygens (including phenoxy) is 9. The number of benzene rings is 10. The van der Waals surface area contributed by atoms with E-state index >= 15 is 4.79 Å². The fourth-order valence-corrected chi connectivity index (χ4v) is 12.9. The topological polar surface area (TPSA) is 219 Å². The zero-order valence-electron chi connectivity index (χ0n) is 62.2. The van der Waals surface area contributed by atoms with Gasteiger partial charge in [-0.3, -0.25) is 38.7 Å². The summed E-state index contributed by atoms with van der Waals surface area (Å²) in [5.41, 5.74) is 10.7. The third kappa shape index (κ3) is 27.3. The van der Waals surface area contributed by atoms with Gasteiger partial charge in [-0.1, -0.05) is 291 Å². The molecule has 0 unspecified atom stereocenters. The van der Waals surface area contributed by atoms with E-state index < -0.39 is 60.2 Å². The van der Waals surface area contributed by atoms with Crippen LogP contribution in [0.2, 0.25) is 0 Å². The van der Waals surface area contributed by atoms with Crippen molar-refractivity contribution >= 4 is 35.9 Å². The molecule has 0 fully saturated rings. The molecule has 11 rings (SSSR count). The number of alkyl carbamates (subject to hydrolysis) is 1. The van der Waals surface area contributed by atoms with Crippen LogP contribution in [0.5, 0.6) is 0 Å². The Morgan fingerprint density at radius 3 is 0.991 bits per heavy atom.